The molecule has 0 saturated carbocycles. The molecule has 0 radical (unpaired) electrons. The maximum absolute atomic E-state index is 11.8. The Labute approximate surface area is 347 Å². The van der Waals surface area contributed by atoms with E-state index in [2.05, 4.69) is 30.5 Å². The summed E-state index contributed by atoms with van der Waals surface area (Å²) in [5.74, 6) is -1.09. The van der Waals surface area contributed by atoms with Gasteiger partial charge in [0.25, 0.3) is 21.5 Å². The van der Waals surface area contributed by atoms with E-state index in [-0.39, 0.29) is 62.4 Å². The molecule has 7 rings (SSSR count). The van der Waals surface area contributed by atoms with Crippen LogP contribution in [0.1, 0.15) is 0 Å². The van der Waals surface area contributed by atoms with Crippen molar-refractivity contribution in [1.82, 2.24) is 0 Å². The quantitative estimate of drug-likeness (QED) is 0.0284. The van der Waals surface area contributed by atoms with Gasteiger partial charge in [-0.1, -0.05) is 41.5 Å². The predicted molar refractivity (Wildman–Crippen MR) is 212 cm³/mol. The Morgan fingerprint density at radius 3 is 2.10 bits per heavy atom. The van der Waals surface area contributed by atoms with E-state index in [9.17, 15) is 53.3 Å². The summed E-state index contributed by atoms with van der Waals surface area (Å²) in [6, 6.07) is 26.2. The molecule has 0 bridgehead atoms. The van der Waals surface area contributed by atoms with E-state index < -0.39 is 48.1 Å². The van der Waals surface area contributed by atoms with Crippen molar-refractivity contribution in [3.63, 3.8) is 0 Å². The number of nitro groups is 2. The molecule has 20 nitrogen and oxygen atoms in total. The molecular formula is C38H29CrN7O13S+2. The number of benzene rings is 7. The van der Waals surface area contributed by atoms with Crippen molar-refractivity contribution >= 4 is 88.3 Å². The fourth-order valence-electron chi connectivity index (χ4n) is 5.83. The number of non-ortho nitro benzene ring substituents is 2. The number of azo groups is 2. The summed E-state index contributed by atoms with van der Waals surface area (Å²) < 4.78 is 37.6. The summed E-state index contributed by atoms with van der Waals surface area (Å²) in [5, 5.41) is 80.3. The van der Waals surface area contributed by atoms with E-state index in [0.29, 0.717) is 27.5 Å². The van der Waals surface area contributed by atoms with Crippen molar-refractivity contribution in [2.45, 2.75) is 4.90 Å². The maximum atomic E-state index is 11.8. The minimum atomic E-state index is -4.79. The molecule has 304 valence electrons. The molecule has 0 heterocycles. The van der Waals surface area contributed by atoms with E-state index in [1.54, 1.807) is 48.5 Å². The number of aromatic hydroxyl groups is 3. The number of methoxy groups -OCH3 is 1. The van der Waals surface area contributed by atoms with Crippen LogP contribution in [0.2, 0.25) is 0 Å². The minimum absolute atomic E-state index is 0. The van der Waals surface area contributed by atoms with Crippen molar-refractivity contribution in [3.05, 3.63) is 129 Å². The first kappa shape index (κ1) is 43.4. The van der Waals surface area contributed by atoms with Crippen molar-refractivity contribution in [3.8, 4) is 23.0 Å². The van der Waals surface area contributed by atoms with Gasteiger partial charge in [-0.3, -0.25) is 30.1 Å². The Balaban J connectivity index is 0.000000225. The molecule has 7 aromatic rings. The van der Waals surface area contributed by atoms with E-state index in [4.69, 9.17) is 5.11 Å². The molecule has 0 spiro atoms. The van der Waals surface area contributed by atoms with Crippen molar-refractivity contribution in [2.75, 3.05) is 12.4 Å². The van der Waals surface area contributed by atoms with E-state index in [1.165, 1.54) is 31.4 Å². The first-order chi connectivity index (χ1) is 28.1. The van der Waals surface area contributed by atoms with Gasteiger partial charge in [-0.15, -0.1) is 10.2 Å². The normalized spacial score (nSPS) is 11.3. The van der Waals surface area contributed by atoms with Crippen molar-refractivity contribution in [2.24, 2.45) is 15.3 Å². The number of fused-ring (bicyclic) bond motifs is 3. The van der Waals surface area contributed by atoms with E-state index in [1.807, 2.05) is 12.1 Å². The number of amides is 1. The third kappa shape index (κ3) is 9.17. The van der Waals surface area contributed by atoms with Gasteiger partial charge >= 0.3 is 17.5 Å². The van der Waals surface area contributed by atoms with Gasteiger partial charge in [-0.2, -0.15) is 8.42 Å². The number of nitro benzene ring substituents is 2. The predicted octanol–water partition coefficient (Wildman–Crippen LogP) is 7.54. The zero-order valence-electron chi connectivity index (χ0n) is 30.5. The second-order valence-electron chi connectivity index (χ2n) is 12.2. The number of ether oxygens (including phenoxy) is 1. The molecule has 0 fully saturated rings. The van der Waals surface area contributed by atoms with Crippen LogP contribution in [0.3, 0.4) is 0 Å². The Bertz CT molecular complexity index is 3040. The van der Waals surface area contributed by atoms with E-state index >= 15 is 0 Å². The fourth-order valence-corrected chi connectivity index (χ4v) is 6.54. The molecular weight excluding hydrogens is 847 g/mol. The molecule has 0 aliphatic carbocycles. The topological polar surface area (TPSA) is 314 Å². The maximum Gasteiger partial charge on any atom is 0.411 e. The number of anilines is 1. The monoisotopic (exact) mass is 875 g/mol. The Hall–Kier alpha value is -7.77. The molecule has 7 aromatic carbocycles. The summed E-state index contributed by atoms with van der Waals surface area (Å²) in [5.41, 5.74) is -0.0978. The molecule has 8 N–H and O–H groups in total. The van der Waals surface area contributed by atoms with Crippen LogP contribution in [0.25, 0.3) is 32.3 Å². The zero-order chi connectivity index (χ0) is 42.6. The van der Waals surface area contributed by atoms with Crippen LogP contribution in [-0.4, -0.2) is 56.4 Å². The number of hydrogen-bond acceptors (Lipinski definition) is 14. The SMILES string of the molecule is COC(=O)Nc1cccc2ccc(O)c(N=Nc3ccc([N+](=O)[O-])cc3O)c12.O=[N+]([O-])c1ccc2c(N=[NH+]c3c([OH2+])ccc4ccccc34)c(O)cc(S(=O)(=O)O)c2c1.[Cr]. The third-order valence-electron chi connectivity index (χ3n) is 8.58. The van der Waals surface area contributed by atoms with Crippen LogP contribution in [-0.2, 0) is 32.2 Å². The van der Waals surface area contributed by atoms with Crippen LogP contribution < -0.4 is 10.4 Å². The summed E-state index contributed by atoms with van der Waals surface area (Å²) in [7, 11) is -3.57. The van der Waals surface area contributed by atoms with Gasteiger partial charge in [0.15, 0.2) is 5.69 Å². The number of phenolic OH excluding ortho intramolecular Hbond substituents is 3. The number of rotatable bonds is 8. The second kappa shape index (κ2) is 17.8. The van der Waals surface area contributed by atoms with Crippen molar-refractivity contribution in [1.29, 1.82) is 0 Å². The fraction of sp³-hybridized carbons (Fsp3) is 0.0263. The first-order valence-corrected chi connectivity index (χ1v) is 18.1. The zero-order valence-corrected chi connectivity index (χ0v) is 32.6. The van der Waals surface area contributed by atoms with Crippen molar-refractivity contribution < 1.29 is 75.2 Å². The first-order valence-electron chi connectivity index (χ1n) is 16.7. The van der Waals surface area contributed by atoms with Crippen LogP contribution in [0.15, 0.2) is 129 Å². The molecule has 0 saturated heterocycles. The smallest absolute Gasteiger partial charge is 0.411 e. The molecule has 0 unspecified atom stereocenters. The average Bonchev–Trinajstić information content (AvgIpc) is 3.20. The Morgan fingerprint density at radius 2 is 1.42 bits per heavy atom. The summed E-state index contributed by atoms with van der Waals surface area (Å²) in [4.78, 5) is 31.4. The van der Waals surface area contributed by atoms with Gasteiger partial charge in [-0.05, 0) is 47.2 Å². The number of carbonyl (C=O) groups is 1. The van der Waals surface area contributed by atoms with Gasteiger partial charge in [0.2, 0.25) is 0 Å². The molecule has 1 amide bonds. The second-order valence-corrected chi connectivity index (χ2v) is 13.6. The van der Waals surface area contributed by atoms with Crippen LogP contribution in [0.5, 0.6) is 23.0 Å². The summed E-state index contributed by atoms with van der Waals surface area (Å²) in [6.45, 7) is 0. The number of phenols is 3. The molecule has 0 atom stereocenters. The standard InChI is InChI=1S/C20H13N3O7S.C18H14N4O6.Cr/c24-16-8-5-11-3-1-2-4-13(11)19(16)21-22-20-14-7-6-12(23(26)27)9-15(14)18(10-17(20)25)31(28,29)30;1-28-18(25)19-13-4-2-3-10-5-8-14(23)17(16(10)13)21-20-12-7-6-11(22(26)27)9-15(12)24;/h1-10,24-25H,(H,28,29,30);2-9,23-24H,1H3,(H,19,25);/p+2. The third-order valence-corrected chi connectivity index (χ3v) is 9.47. The molecule has 22 heteroatoms. The van der Waals surface area contributed by atoms with Crippen LogP contribution >= 0.6 is 0 Å². The average molecular weight is 876 g/mol. The van der Waals surface area contributed by atoms with Gasteiger partial charge in [0, 0.05) is 69.0 Å². The largest absolute Gasteiger partial charge is 0.589 e. The van der Waals surface area contributed by atoms with Gasteiger partial charge in [0.1, 0.15) is 33.5 Å². The van der Waals surface area contributed by atoms with Gasteiger partial charge in [0.05, 0.1) is 34.1 Å². The number of nitrogens with zero attached hydrogens (tertiary/aromatic N) is 5. The molecule has 0 aliphatic heterocycles. The summed E-state index contributed by atoms with van der Waals surface area (Å²) in [6.07, 6.45) is -0.702. The number of carbonyl (C=O) groups excluding carboxylic acids is 1. The Morgan fingerprint density at radius 1 is 0.750 bits per heavy atom. The molecule has 60 heavy (non-hydrogen) atoms. The van der Waals surface area contributed by atoms with Gasteiger partial charge < -0.3 is 25.2 Å². The van der Waals surface area contributed by atoms with E-state index in [0.717, 1.165) is 29.7 Å². The van der Waals surface area contributed by atoms with Crippen LogP contribution in [0, 0.1) is 20.2 Å². The molecule has 0 aliphatic rings. The Kier molecular flexibility index (Phi) is 12.9. The minimum Gasteiger partial charge on any atom is -0.589 e. The van der Waals surface area contributed by atoms with Gasteiger partial charge in [-0.25, -0.2) is 4.79 Å². The number of nitrogens with one attached hydrogen (secondary N) is 2. The molecule has 0 aromatic heterocycles. The van der Waals surface area contributed by atoms with Crippen LogP contribution in [0.4, 0.5) is 44.6 Å². The number of hydrogen-bond donors (Lipinski definition) is 6. The summed E-state index contributed by atoms with van der Waals surface area (Å²) >= 11 is 0.